The van der Waals surface area contributed by atoms with E-state index in [2.05, 4.69) is 15.9 Å². The molecule has 76 valence electrons. The van der Waals surface area contributed by atoms with Crippen molar-refractivity contribution in [2.24, 2.45) is 0 Å². The molecule has 0 atom stereocenters. The summed E-state index contributed by atoms with van der Waals surface area (Å²) < 4.78 is 6.06. The lowest BCUT2D eigenvalue weighted by Crippen LogP contribution is -2.23. The van der Waals surface area contributed by atoms with Gasteiger partial charge in [-0.1, -0.05) is 22.9 Å². The van der Waals surface area contributed by atoms with E-state index in [4.69, 9.17) is 4.74 Å². The molecule has 0 spiro atoms. The van der Waals surface area contributed by atoms with Crippen LogP contribution in [0.15, 0.2) is 22.7 Å². The first-order chi connectivity index (χ1) is 6.65. The van der Waals surface area contributed by atoms with E-state index in [1.807, 2.05) is 6.92 Å². The van der Waals surface area contributed by atoms with Crippen molar-refractivity contribution in [1.29, 1.82) is 0 Å². The fraction of sp³-hybridized carbons (Fsp3) is 0.300. The molecule has 0 aliphatic carbocycles. The van der Waals surface area contributed by atoms with Gasteiger partial charge in [-0.3, -0.25) is 0 Å². The number of benzene rings is 1. The average Bonchev–Trinajstić information content (AvgIpc) is 2.14. The maximum absolute atomic E-state index is 10.7. The molecule has 14 heavy (non-hydrogen) atoms. The van der Waals surface area contributed by atoms with E-state index < -0.39 is 5.97 Å². The summed E-state index contributed by atoms with van der Waals surface area (Å²) >= 11 is 3.24. The van der Waals surface area contributed by atoms with Crippen LogP contribution in [0.5, 0.6) is 5.75 Å². The molecule has 0 heterocycles. The maximum Gasteiger partial charge on any atom is 0.129 e. The number of rotatable bonds is 4. The third-order valence-corrected chi connectivity index (χ3v) is 2.12. The summed E-state index contributed by atoms with van der Waals surface area (Å²) in [5, 5.41) is 10.7. The number of carbonyl (C=O) groups excluding carboxylic acids is 1. The van der Waals surface area contributed by atoms with Crippen molar-refractivity contribution in [3.8, 4) is 5.75 Å². The van der Waals surface area contributed by atoms with Crippen LogP contribution in [0.4, 0.5) is 0 Å². The quantitative estimate of drug-likeness (QED) is 0.824. The first kappa shape index (κ1) is 11.0. The Hall–Kier alpha value is -1.03. The molecule has 1 aromatic carbocycles. The third kappa shape index (κ3) is 2.73. The number of ether oxygens (including phenoxy) is 1. The van der Waals surface area contributed by atoms with Gasteiger partial charge in [-0.15, -0.1) is 0 Å². The second kappa shape index (κ2) is 5.00. The summed E-state index contributed by atoms with van der Waals surface area (Å²) in [7, 11) is 0. The zero-order chi connectivity index (χ0) is 10.6. The minimum Gasteiger partial charge on any atom is -0.545 e. The van der Waals surface area contributed by atoms with Gasteiger partial charge in [-0.25, -0.2) is 0 Å². The van der Waals surface area contributed by atoms with Crippen molar-refractivity contribution in [3.63, 3.8) is 0 Å². The topological polar surface area (TPSA) is 49.4 Å². The molecule has 0 bridgehead atoms. The van der Waals surface area contributed by atoms with E-state index in [-0.39, 0.29) is 5.56 Å². The van der Waals surface area contributed by atoms with Gasteiger partial charge in [0, 0.05) is 10.0 Å². The zero-order valence-corrected chi connectivity index (χ0v) is 9.33. The van der Waals surface area contributed by atoms with Crippen molar-refractivity contribution in [3.05, 3.63) is 28.2 Å². The van der Waals surface area contributed by atoms with Gasteiger partial charge in [0.25, 0.3) is 0 Å². The summed E-state index contributed by atoms with van der Waals surface area (Å²) in [5.74, 6) is -0.871. The van der Waals surface area contributed by atoms with Crippen LogP contribution in [-0.2, 0) is 0 Å². The Morgan fingerprint density at radius 3 is 2.86 bits per heavy atom. The molecule has 1 aromatic rings. The van der Waals surface area contributed by atoms with Gasteiger partial charge in [0.15, 0.2) is 0 Å². The minimum absolute atomic E-state index is 0.0849. The molecule has 0 saturated carbocycles. The average molecular weight is 258 g/mol. The van der Waals surface area contributed by atoms with E-state index in [9.17, 15) is 9.90 Å². The number of carbonyl (C=O) groups is 1. The van der Waals surface area contributed by atoms with Crippen molar-refractivity contribution < 1.29 is 14.6 Å². The number of aromatic carboxylic acids is 1. The number of hydrogen-bond donors (Lipinski definition) is 0. The van der Waals surface area contributed by atoms with Crippen LogP contribution in [-0.4, -0.2) is 12.6 Å². The Balaban J connectivity index is 2.97. The number of halogens is 1. The first-order valence-electron chi connectivity index (χ1n) is 4.29. The number of carboxylic acids is 1. The lowest BCUT2D eigenvalue weighted by molar-refractivity contribution is -0.255. The van der Waals surface area contributed by atoms with Gasteiger partial charge in [-0.05, 0) is 24.6 Å². The highest BCUT2D eigenvalue weighted by atomic mass is 79.9. The van der Waals surface area contributed by atoms with Gasteiger partial charge in [0.2, 0.25) is 0 Å². The Labute approximate surface area is 90.8 Å². The molecule has 1 rings (SSSR count). The highest BCUT2D eigenvalue weighted by molar-refractivity contribution is 9.10. The van der Waals surface area contributed by atoms with Gasteiger partial charge in [0.1, 0.15) is 5.75 Å². The van der Waals surface area contributed by atoms with Crippen molar-refractivity contribution in [1.82, 2.24) is 0 Å². The van der Waals surface area contributed by atoms with Crippen molar-refractivity contribution >= 4 is 21.9 Å². The predicted molar refractivity (Wildman–Crippen MR) is 54.3 cm³/mol. The van der Waals surface area contributed by atoms with Crippen molar-refractivity contribution in [2.75, 3.05) is 6.61 Å². The monoisotopic (exact) mass is 257 g/mol. The Bertz CT molecular complexity index is 336. The molecule has 0 radical (unpaired) electrons. The highest BCUT2D eigenvalue weighted by Gasteiger charge is 2.04. The fourth-order valence-electron chi connectivity index (χ4n) is 0.996. The van der Waals surface area contributed by atoms with Crippen LogP contribution in [0.3, 0.4) is 0 Å². The van der Waals surface area contributed by atoms with Gasteiger partial charge >= 0.3 is 0 Å². The molecule has 0 aliphatic rings. The maximum atomic E-state index is 10.7. The zero-order valence-electron chi connectivity index (χ0n) is 7.75. The predicted octanol–water partition coefficient (Wildman–Crippen LogP) is 1.60. The molecule has 0 unspecified atom stereocenters. The second-order valence-corrected chi connectivity index (χ2v) is 3.69. The molecular weight excluding hydrogens is 248 g/mol. The van der Waals surface area contributed by atoms with Crippen LogP contribution < -0.4 is 9.84 Å². The van der Waals surface area contributed by atoms with Crippen LogP contribution >= 0.6 is 15.9 Å². The van der Waals surface area contributed by atoms with Crippen LogP contribution in [0, 0.1) is 0 Å². The summed E-state index contributed by atoms with van der Waals surface area (Å²) in [5.41, 5.74) is 0.0849. The third-order valence-electron chi connectivity index (χ3n) is 1.63. The largest absolute Gasteiger partial charge is 0.545 e. The first-order valence-corrected chi connectivity index (χ1v) is 5.08. The Morgan fingerprint density at radius 2 is 2.29 bits per heavy atom. The highest BCUT2D eigenvalue weighted by Crippen LogP contribution is 2.23. The normalized spacial score (nSPS) is 9.86. The molecule has 3 nitrogen and oxygen atoms in total. The molecule has 0 aliphatic heterocycles. The van der Waals surface area contributed by atoms with Gasteiger partial charge in [0.05, 0.1) is 12.6 Å². The van der Waals surface area contributed by atoms with Gasteiger partial charge < -0.3 is 14.6 Å². The van der Waals surface area contributed by atoms with Crippen LogP contribution in [0.25, 0.3) is 0 Å². The number of carboxylic acid groups (broad SMARTS) is 1. The SMILES string of the molecule is CCCOc1cc(Br)ccc1C(=O)[O-]. The standard InChI is InChI=1S/C10H11BrO3/c1-2-5-14-9-6-7(11)3-4-8(9)10(12)13/h3-4,6H,2,5H2,1H3,(H,12,13)/p-1. The number of hydrogen-bond acceptors (Lipinski definition) is 3. The smallest absolute Gasteiger partial charge is 0.129 e. The minimum atomic E-state index is -1.22. The van der Waals surface area contributed by atoms with E-state index in [0.29, 0.717) is 12.4 Å². The summed E-state index contributed by atoms with van der Waals surface area (Å²) in [4.78, 5) is 10.7. The molecular formula is C10H10BrO3-. The summed E-state index contributed by atoms with van der Waals surface area (Å²) in [6, 6.07) is 4.73. The van der Waals surface area contributed by atoms with E-state index in [1.165, 1.54) is 6.07 Å². The lowest BCUT2D eigenvalue weighted by atomic mass is 10.2. The summed E-state index contributed by atoms with van der Waals surface area (Å²) in [6.45, 7) is 2.45. The molecule has 0 amide bonds. The molecule has 0 fully saturated rings. The Kier molecular flexibility index (Phi) is 3.95. The van der Waals surface area contributed by atoms with E-state index in [0.717, 1.165) is 10.9 Å². The van der Waals surface area contributed by atoms with E-state index >= 15 is 0 Å². The van der Waals surface area contributed by atoms with Gasteiger partial charge in [-0.2, -0.15) is 0 Å². The second-order valence-electron chi connectivity index (χ2n) is 2.78. The molecule has 4 heteroatoms. The van der Waals surface area contributed by atoms with E-state index in [1.54, 1.807) is 12.1 Å². The Morgan fingerprint density at radius 1 is 1.57 bits per heavy atom. The molecule has 0 saturated heterocycles. The van der Waals surface area contributed by atoms with Crippen LogP contribution in [0.1, 0.15) is 23.7 Å². The molecule has 0 N–H and O–H groups in total. The fourth-order valence-corrected chi connectivity index (χ4v) is 1.34. The summed E-state index contributed by atoms with van der Waals surface area (Å²) in [6.07, 6.45) is 0.832. The van der Waals surface area contributed by atoms with Crippen molar-refractivity contribution in [2.45, 2.75) is 13.3 Å². The van der Waals surface area contributed by atoms with Crippen LogP contribution in [0.2, 0.25) is 0 Å². The molecule has 0 aromatic heterocycles. The lowest BCUT2D eigenvalue weighted by Gasteiger charge is -2.11.